The van der Waals surface area contributed by atoms with Crippen LogP contribution in [0, 0.1) is 0 Å². The molecular formula is C15H19N3O3. The number of amides is 1. The van der Waals surface area contributed by atoms with E-state index in [9.17, 15) is 4.79 Å². The molecular weight excluding hydrogens is 270 g/mol. The summed E-state index contributed by atoms with van der Waals surface area (Å²) in [6.45, 7) is 4.22. The number of amidine groups is 1. The molecule has 6 heteroatoms. The Hall–Kier alpha value is -2.08. The van der Waals surface area contributed by atoms with Gasteiger partial charge in [-0.25, -0.2) is 0 Å². The first kappa shape index (κ1) is 13.9. The maximum absolute atomic E-state index is 12.0. The van der Waals surface area contributed by atoms with Crippen LogP contribution in [0.15, 0.2) is 29.3 Å². The van der Waals surface area contributed by atoms with Gasteiger partial charge in [0.25, 0.3) is 5.91 Å². The van der Waals surface area contributed by atoms with Crippen LogP contribution in [-0.2, 0) is 9.53 Å². The number of ether oxygens (including phenoxy) is 2. The third-order valence-corrected chi connectivity index (χ3v) is 3.51. The van der Waals surface area contributed by atoms with Gasteiger partial charge in [0, 0.05) is 25.2 Å². The Kier molecular flexibility index (Phi) is 4.35. The normalized spacial score (nSPS) is 18.1. The zero-order valence-electron chi connectivity index (χ0n) is 11.9. The second kappa shape index (κ2) is 6.58. The van der Waals surface area contributed by atoms with E-state index in [-0.39, 0.29) is 12.5 Å². The van der Waals surface area contributed by atoms with E-state index < -0.39 is 0 Å². The van der Waals surface area contributed by atoms with Crippen LogP contribution in [0.3, 0.4) is 0 Å². The number of morpholine rings is 1. The Morgan fingerprint density at radius 2 is 2.24 bits per heavy atom. The summed E-state index contributed by atoms with van der Waals surface area (Å²) in [5.74, 6) is 1.57. The van der Waals surface area contributed by atoms with Gasteiger partial charge in [-0.2, -0.15) is 0 Å². The zero-order chi connectivity index (χ0) is 14.5. The van der Waals surface area contributed by atoms with Crippen LogP contribution in [0.4, 0.5) is 0 Å². The molecule has 1 amide bonds. The highest BCUT2D eigenvalue weighted by Gasteiger charge is 2.17. The topological polar surface area (TPSA) is 63.2 Å². The van der Waals surface area contributed by atoms with Gasteiger partial charge in [-0.05, 0) is 12.1 Å². The molecule has 0 radical (unpaired) electrons. The lowest BCUT2D eigenvalue weighted by molar-refractivity contribution is -0.137. The van der Waals surface area contributed by atoms with Crippen molar-refractivity contribution in [2.75, 3.05) is 46.0 Å². The number of carbonyl (C=O) groups excluding carboxylic acids is 1. The second-order valence-electron chi connectivity index (χ2n) is 4.97. The van der Waals surface area contributed by atoms with Crippen LogP contribution in [-0.4, -0.2) is 62.6 Å². The molecule has 1 N–H and O–H groups in total. The van der Waals surface area contributed by atoms with Crippen molar-refractivity contribution in [1.82, 2.24) is 10.2 Å². The standard InChI is InChI=1S/C15H19N3O3/c19-14(18-6-8-20-9-7-18)11-21-13-3-1-2-12(10-13)15-16-4-5-17-15/h1-3,10H,4-9,11H2,(H,16,17). The lowest BCUT2D eigenvalue weighted by Gasteiger charge is -2.26. The summed E-state index contributed by atoms with van der Waals surface area (Å²) in [6.07, 6.45) is 0. The van der Waals surface area contributed by atoms with Crippen molar-refractivity contribution >= 4 is 11.7 Å². The van der Waals surface area contributed by atoms with Crippen molar-refractivity contribution in [3.8, 4) is 5.75 Å². The average Bonchev–Trinajstić information content (AvgIpc) is 3.08. The molecule has 0 unspecified atom stereocenters. The number of hydrogen-bond acceptors (Lipinski definition) is 5. The molecule has 0 bridgehead atoms. The Bertz CT molecular complexity index is 539. The van der Waals surface area contributed by atoms with Crippen LogP contribution < -0.4 is 10.1 Å². The first-order chi connectivity index (χ1) is 10.3. The minimum Gasteiger partial charge on any atom is -0.484 e. The SMILES string of the molecule is O=C(COc1cccc(C2=NCCN2)c1)N1CCOCC1. The van der Waals surface area contributed by atoms with Gasteiger partial charge >= 0.3 is 0 Å². The number of nitrogens with zero attached hydrogens (tertiary/aromatic N) is 2. The van der Waals surface area contributed by atoms with Gasteiger partial charge in [-0.1, -0.05) is 12.1 Å². The lowest BCUT2D eigenvalue weighted by Crippen LogP contribution is -2.42. The van der Waals surface area contributed by atoms with Crippen LogP contribution in [0.5, 0.6) is 5.75 Å². The fraction of sp³-hybridized carbons (Fsp3) is 0.467. The molecule has 1 aromatic rings. The molecule has 2 aliphatic heterocycles. The summed E-state index contributed by atoms with van der Waals surface area (Å²) < 4.78 is 10.8. The van der Waals surface area contributed by atoms with E-state index >= 15 is 0 Å². The maximum Gasteiger partial charge on any atom is 0.260 e. The smallest absolute Gasteiger partial charge is 0.260 e. The van der Waals surface area contributed by atoms with Crippen molar-refractivity contribution < 1.29 is 14.3 Å². The molecule has 1 fully saturated rings. The highest BCUT2D eigenvalue weighted by molar-refractivity contribution is 6.00. The maximum atomic E-state index is 12.0. The molecule has 21 heavy (non-hydrogen) atoms. The van der Waals surface area contributed by atoms with E-state index in [2.05, 4.69) is 10.3 Å². The predicted octanol–water partition coefficient (Wildman–Crippen LogP) is 0.274. The van der Waals surface area contributed by atoms with Crippen molar-refractivity contribution in [3.05, 3.63) is 29.8 Å². The van der Waals surface area contributed by atoms with E-state index in [1.807, 2.05) is 24.3 Å². The third-order valence-electron chi connectivity index (χ3n) is 3.51. The number of rotatable bonds is 4. The van der Waals surface area contributed by atoms with Crippen molar-refractivity contribution in [2.45, 2.75) is 0 Å². The van der Waals surface area contributed by atoms with Gasteiger partial charge in [0.2, 0.25) is 0 Å². The molecule has 1 saturated heterocycles. The van der Waals surface area contributed by atoms with Crippen molar-refractivity contribution in [3.63, 3.8) is 0 Å². The van der Waals surface area contributed by atoms with E-state index in [4.69, 9.17) is 9.47 Å². The van der Waals surface area contributed by atoms with E-state index in [1.54, 1.807) is 4.90 Å². The summed E-state index contributed by atoms with van der Waals surface area (Å²) in [5.41, 5.74) is 0.990. The van der Waals surface area contributed by atoms with Crippen LogP contribution in [0.25, 0.3) is 0 Å². The highest BCUT2D eigenvalue weighted by Crippen LogP contribution is 2.14. The van der Waals surface area contributed by atoms with Gasteiger partial charge in [0.1, 0.15) is 11.6 Å². The van der Waals surface area contributed by atoms with Crippen molar-refractivity contribution in [2.24, 2.45) is 4.99 Å². The van der Waals surface area contributed by atoms with E-state index in [1.165, 1.54) is 0 Å². The molecule has 0 atom stereocenters. The molecule has 112 valence electrons. The minimum atomic E-state index is 0.0000324. The quantitative estimate of drug-likeness (QED) is 0.864. The molecule has 0 saturated carbocycles. The molecule has 6 nitrogen and oxygen atoms in total. The summed E-state index contributed by atoms with van der Waals surface area (Å²) in [5, 5.41) is 3.22. The van der Waals surface area contributed by atoms with Gasteiger partial charge in [0.05, 0.1) is 19.8 Å². The Labute approximate surface area is 123 Å². The van der Waals surface area contributed by atoms with Gasteiger partial charge < -0.3 is 19.7 Å². The summed E-state index contributed by atoms with van der Waals surface area (Å²) in [7, 11) is 0. The second-order valence-corrected chi connectivity index (χ2v) is 4.97. The number of aliphatic imine (C=N–C) groups is 1. The largest absolute Gasteiger partial charge is 0.484 e. The van der Waals surface area contributed by atoms with Gasteiger partial charge in [-0.3, -0.25) is 9.79 Å². The first-order valence-electron chi connectivity index (χ1n) is 7.20. The van der Waals surface area contributed by atoms with E-state index in [0.29, 0.717) is 32.1 Å². The fourth-order valence-corrected chi connectivity index (χ4v) is 2.37. The Balaban J connectivity index is 1.57. The number of carbonyl (C=O) groups is 1. The summed E-state index contributed by atoms with van der Waals surface area (Å²) >= 11 is 0. The van der Waals surface area contributed by atoms with Crippen molar-refractivity contribution in [1.29, 1.82) is 0 Å². The van der Waals surface area contributed by atoms with E-state index in [0.717, 1.165) is 24.5 Å². The van der Waals surface area contributed by atoms with Gasteiger partial charge in [-0.15, -0.1) is 0 Å². The molecule has 0 aromatic heterocycles. The fourth-order valence-electron chi connectivity index (χ4n) is 2.37. The molecule has 2 aliphatic rings. The Morgan fingerprint density at radius 3 is 3.00 bits per heavy atom. The first-order valence-corrected chi connectivity index (χ1v) is 7.20. The number of hydrogen-bond donors (Lipinski definition) is 1. The average molecular weight is 289 g/mol. The molecule has 0 aliphatic carbocycles. The zero-order valence-corrected chi connectivity index (χ0v) is 11.9. The molecule has 1 aromatic carbocycles. The van der Waals surface area contributed by atoms with Crippen LogP contribution in [0.1, 0.15) is 5.56 Å². The lowest BCUT2D eigenvalue weighted by atomic mass is 10.2. The number of benzene rings is 1. The molecule has 2 heterocycles. The van der Waals surface area contributed by atoms with Gasteiger partial charge in [0.15, 0.2) is 6.61 Å². The summed E-state index contributed by atoms with van der Waals surface area (Å²) in [4.78, 5) is 18.2. The minimum absolute atomic E-state index is 0.0000324. The number of nitrogens with one attached hydrogen (secondary N) is 1. The Morgan fingerprint density at radius 1 is 1.38 bits per heavy atom. The molecule has 0 spiro atoms. The summed E-state index contributed by atoms with van der Waals surface area (Å²) in [6, 6.07) is 7.65. The predicted molar refractivity (Wildman–Crippen MR) is 78.7 cm³/mol. The highest BCUT2D eigenvalue weighted by atomic mass is 16.5. The van der Waals surface area contributed by atoms with Crippen LogP contribution >= 0.6 is 0 Å². The monoisotopic (exact) mass is 289 g/mol. The third kappa shape index (κ3) is 3.52. The van der Waals surface area contributed by atoms with Crippen LogP contribution in [0.2, 0.25) is 0 Å². The molecule has 3 rings (SSSR count).